The number of carbonyl (C=O) groups is 1. The van der Waals surface area contributed by atoms with E-state index in [1.54, 1.807) is 23.2 Å². The maximum absolute atomic E-state index is 13.5. The van der Waals surface area contributed by atoms with Gasteiger partial charge in [-0.15, -0.1) is 0 Å². The van der Waals surface area contributed by atoms with Crippen LogP contribution in [0.1, 0.15) is 17.0 Å². The normalized spacial score (nSPS) is 11.0. The number of amides is 1. The van der Waals surface area contributed by atoms with Crippen molar-refractivity contribution in [2.24, 2.45) is 0 Å². The van der Waals surface area contributed by atoms with E-state index in [9.17, 15) is 9.59 Å². The minimum Gasteiger partial charge on any atom is -0.331 e. The van der Waals surface area contributed by atoms with Crippen molar-refractivity contribution in [3.8, 4) is 0 Å². The zero-order chi connectivity index (χ0) is 22.6. The molecule has 0 bridgehead atoms. The Bertz CT molecular complexity index is 1490. The van der Waals surface area contributed by atoms with Crippen LogP contribution in [0.4, 0.5) is 0 Å². The first-order chi connectivity index (χ1) is 16.2. The molecule has 1 N–H and O–H groups in total. The van der Waals surface area contributed by atoms with Crippen LogP contribution in [0.15, 0.2) is 95.9 Å². The Hall–Kier alpha value is -4.32. The Kier molecular flexibility index (Phi) is 5.64. The highest BCUT2D eigenvalue weighted by Gasteiger charge is 2.18. The van der Waals surface area contributed by atoms with Gasteiger partial charge in [0, 0.05) is 18.1 Å². The molecule has 0 saturated heterocycles. The van der Waals surface area contributed by atoms with Crippen LogP contribution in [-0.4, -0.2) is 25.8 Å². The van der Waals surface area contributed by atoms with Crippen LogP contribution >= 0.6 is 0 Å². The Morgan fingerprint density at radius 3 is 2.52 bits per heavy atom. The largest absolute Gasteiger partial charge is 0.331 e. The van der Waals surface area contributed by atoms with E-state index in [0.717, 1.165) is 22.0 Å². The summed E-state index contributed by atoms with van der Waals surface area (Å²) in [6, 6.07) is 26.7. The van der Waals surface area contributed by atoms with Crippen LogP contribution in [0.3, 0.4) is 0 Å². The number of hydrogen-bond donors (Lipinski definition) is 1. The van der Waals surface area contributed by atoms with Crippen LogP contribution in [-0.2, 0) is 24.3 Å². The molecule has 5 rings (SSSR count). The average Bonchev–Trinajstić information content (AvgIpc) is 2.84. The van der Waals surface area contributed by atoms with Crippen molar-refractivity contribution in [1.82, 2.24) is 19.9 Å². The van der Waals surface area contributed by atoms with Crippen LogP contribution in [0.2, 0.25) is 0 Å². The second kappa shape index (κ2) is 9.04. The van der Waals surface area contributed by atoms with Gasteiger partial charge in [-0.05, 0) is 29.3 Å². The highest BCUT2D eigenvalue weighted by Crippen LogP contribution is 2.18. The van der Waals surface area contributed by atoms with Crippen molar-refractivity contribution >= 4 is 27.7 Å². The quantitative estimate of drug-likeness (QED) is 0.434. The van der Waals surface area contributed by atoms with Crippen LogP contribution in [0.5, 0.6) is 0 Å². The summed E-state index contributed by atoms with van der Waals surface area (Å²) in [5.74, 6) is 0.395. The molecule has 1 amide bonds. The van der Waals surface area contributed by atoms with Gasteiger partial charge < -0.3 is 9.88 Å². The van der Waals surface area contributed by atoms with Crippen molar-refractivity contribution in [2.75, 3.05) is 0 Å². The molecule has 5 aromatic rings. The number of pyridine rings is 1. The molecule has 2 heterocycles. The maximum Gasteiger partial charge on any atom is 0.258 e. The van der Waals surface area contributed by atoms with Gasteiger partial charge in [0.05, 0.1) is 29.4 Å². The molecule has 6 nitrogen and oxygen atoms in total. The van der Waals surface area contributed by atoms with Gasteiger partial charge in [-0.25, -0.2) is 4.98 Å². The summed E-state index contributed by atoms with van der Waals surface area (Å²) in [7, 11) is 0. The molecular weight excluding hydrogens is 412 g/mol. The summed E-state index contributed by atoms with van der Waals surface area (Å²) in [6.45, 7) is 0.612. The summed E-state index contributed by atoms with van der Waals surface area (Å²) in [6.07, 6.45) is 1.95. The molecule has 2 aromatic heterocycles. The van der Waals surface area contributed by atoms with Gasteiger partial charge in [-0.1, -0.05) is 66.7 Å². The summed E-state index contributed by atoms with van der Waals surface area (Å²) in [4.78, 5) is 39.7. The molecule has 0 saturated carbocycles. The monoisotopic (exact) mass is 434 g/mol. The number of hydrogen-bond acceptors (Lipinski definition) is 4. The minimum atomic E-state index is -0.207. The fraction of sp³-hybridized carbons (Fsp3) is 0.111. The number of nitrogens with one attached hydrogen (secondary N) is 1. The molecule has 0 radical (unpaired) electrons. The number of nitrogens with zero attached hydrogens (tertiary/aromatic N) is 3. The lowest BCUT2D eigenvalue weighted by atomic mass is 10.1. The van der Waals surface area contributed by atoms with E-state index >= 15 is 0 Å². The SMILES string of the molecule is O=C(Cc1cccc2cccnc12)N(Cc1ccccc1)Cc1nc2ccccc2c(=O)[nH]1. The first-order valence-corrected chi connectivity index (χ1v) is 10.8. The third kappa shape index (κ3) is 4.50. The Balaban J connectivity index is 1.47. The molecule has 6 heteroatoms. The minimum absolute atomic E-state index is 0.0622. The zero-order valence-electron chi connectivity index (χ0n) is 17.9. The predicted molar refractivity (Wildman–Crippen MR) is 129 cm³/mol. The summed E-state index contributed by atoms with van der Waals surface area (Å²) < 4.78 is 0. The van der Waals surface area contributed by atoms with Crippen molar-refractivity contribution in [3.05, 3.63) is 118 Å². The number of aromatic nitrogens is 3. The van der Waals surface area contributed by atoms with Gasteiger partial charge >= 0.3 is 0 Å². The van der Waals surface area contributed by atoms with Gasteiger partial charge in [0.2, 0.25) is 5.91 Å². The Morgan fingerprint density at radius 1 is 0.848 bits per heavy atom. The molecule has 0 spiro atoms. The highest BCUT2D eigenvalue weighted by atomic mass is 16.2. The highest BCUT2D eigenvalue weighted by molar-refractivity contribution is 5.87. The second-order valence-electron chi connectivity index (χ2n) is 7.93. The molecule has 0 aliphatic heterocycles. The second-order valence-corrected chi connectivity index (χ2v) is 7.93. The van der Waals surface area contributed by atoms with E-state index in [1.165, 1.54) is 0 Å². The first kappa shape index (κ1) is 20.6. The molecule has 162 valence electrons. The number of carbonyl (C=O) groups excluding carboxylic acids is 1. The predicted octanol–water partition coefficient (Wildman–Crippen LogP) is 4.24. The number of fused-ring (bicyclic) bond motifs is 2. The maximum atomic E-state index is 13.5. The lowest BCUT2D eigenvalue weighted by molar-refractivity contribution is -0.131. The third-order valence-electron chi connectivity index (χ3n) is 5.63. The standard InChI is InChI=1S/C27H22N4O2/c32-25(16-21-11-6-10-20-12-7-15-28-26(20)21)31(17-19-8-2-1-3-9-19)18-24-29-23-14-5-4-13-22(23)27(33)30-24/h1-15H,16-18H2,(H,29,30,33). The number of benzene rings is 3. The zero-order valence-corrected chi connectivity index (χ0v) is 17.9. The van der Waals surface area contributed by atoms with Gasteiger partial charge in [0.1, 0.15) is 5.82 Å². The molecule has 33 heavy (non-hydrogen) atoms. The Morgan fingerprint density at radius 2 is 1.64 bits per heavy atom. The van der Waals surface area contributed by atoms with E-state index in [1.807, 2.05) is 72.8 Å². The fourth-order valence-electron chi connectivity index (χ4n) is 4.01. The van der Waals surface area contributed by atoms with Gasteiger partial charge in [-0.2, -0.15) is 0 Å². The van der Waals surface area contributed by atoms with Crippen molar-refractivity contribution in [2.45, 2.75) is 19.5 Å². The van der Waals surface area contributed by atoms with Gasteiger partial charge in [0.25, 0.3) is 5.56 Å². The smallest absolute Gasteiger partial charge is 0.258 e. The molecule has 0 unspecified atom stereocenters. The van der Waals surface area contributed by atoms with Crippen LogP contribution in [0, 0.1) is 0 Å². The van der Waals surface area contributed by atoms with E-state index in [4.69, 9.17) is 0 Å². The average molecular weight is 434 g/mol. The number of aromatic amines is 1. The first-order valence-electron chi connectivity index (χ1n) is 10.8. The van der Waals surface area contributed by atoms with Gasteiger partial charge in [-0.3, -0.25) is 14.6 Å². The van der Waals surface area contributed by atoms with E-state index in [-0.39, 0.29) is 24.4 Å². The molecule has 0 aliphatic carbocycles. The topological polar surface area (TPSA) is 79.0 Å². The lowest BCUT2D eigenvalue weighted by Gasteiger charge is -2.23. The summed E-state index contributed by atoms with van der Waals surface area (Å²) in [5, 5.41) is 1.53. The molecule has 3 aromatic carbocycles. The number of H-pyrrole nitrogens is 1. The number of rotatable bonds is 6. The van der Waals surface area contributed by atoms with Gasteiger partial charge in [0.15, 0.2) is 0 Å². The van der Waals surface area contributed by atoms with Crippen LogP contribution < -0.4 is 5.56 Å². The fourth-order valence-corrected chi connectivity index (χ4v) is 4.01. The van der Waals surface area contributed by atoms with Crippen LogP contribution in [0.25, 0.3) is 21.8 Å². The molecule has 0 fully saturated rings. The lowest BCUT2D eigenvalue weighted by Crippen LogP contribution is -2.33. The van der Waals surface area contributed by atoms with E-state index in [0.29, 0.717) is 23.3 Å². The molecule has 0 aliphatic rings. The summed E-state index contributed by atoms with van der Waals surface area (Å²) in [5.41, 5.74) is 3.11. The number of para-hydroxylation sites is 2. The third-order valence-corrected chi connectivity index (χ3v) is 5.63. The summed E-state index contributed by atoms with van der Waals surface area (Å²) >= 11 is 0. The Labute approximate surface area is 190 Å². The molecule has 0 atom stereocenters. The van der Waals surface area contributed by atoms with Crippen molar-refractivity contribution < 1.29 is 4.79 Å². The van der Waals surface area contributed by atoms with Crippen molar-refractivity contribution in [3.63, 3.8) is 0 Å². The van der Waals surface area contributed by atoms with E-state index in [2.05, 4.69) is 15.0 Å². The molecular formula is C27H22N4O2. The van der Waals surface area contributed by atoms with E-state index < -0.39 is 0 Å². The van der Waals surface area contributed by atoms with Crippen molar-refractivity contribution in [1.29, 1.82) is 0 Å².